The van der Waals surface area contributed by atoms with Gasteiger partial charge in [0.15, 0.2) is 0 Å². The van der Waals surface area contributed by atoms with Gasteiger partial charge in [-0.25, -0.2) is 0 Å². The average Bonchev–Trinajstić information content (AvgIpc) is 2.56. The highest BCUT2D eigenvalue weighted by atomic mass is 16.5. The Morgan fingerprint density at radius 2 is 2.19 bits per heavy atom. The van der Waals surface area contributed by atoms with Crippen LogP contribution in [0.2, 0.25) is 0 Å². The first-order chi connectivity index (χ1) is 7.74. The predicted molar refractivity (Wildman–Crippen MR) is 68.8 cm³/mol. The zero-order valence-electron chi connectivity index (χ0n) is 11.2. The molecule has 2 atom stereocenters. The fraction of sp³-hybridized carbons (Fsp3) is 1.00. The van der Waals surface area contributed by atoms with Crippen molar-refractivity contribution in [1.82, 2.24) is 10.2 Å². The topological polar surface area (TPSA) is 24.5 Å². The number of likely N-dealkylation sites (N-methyl/N-ethyl adjacent to an activating group) is 1. The molecule has 0 radical (unpaired) electrons. The molecule has 16 heavy (non-hydrogen) atoms. The maximum atomic E-state index is 5.46. The van der Waals surface area contributed by atoms with Gasteiger partial charge in [0.05, 0.1) is 0 Å². The normalized spacial score (nSPS) is 24.4. The summed E-state index contributed by atoms with van der Waals surface area (Å²) < 4.78 is 5.46. The molecule has 96 valence electrons. The van der Waals surface area contributed by atoms with Gasteiger partial charge in [0.25, 0.3) is 0 Å². The molecule has 3 heteroatoms. The Kier molecular flexibility index (Phi) is 7.01. The minimum absolute atomic E-state index is 0.674. The van der Waals surface area contributed by atoms with Crippen molar-refractivity contribution in [1.29, 1.82) is 0 Å². The zero-order chi connectivity index (χ0) is 11.8. The van der Waals surface area contributed by atoms with Gasteiger partial charge in [-0.05, 0) is 39.7 Å². The van der Waals surface area contributed by atoms with Gasteiger partial charge in [0, 0.05) is 38.4 Å². The lowest BCUT2D eigenvalue weighted by molar-refractivity contribution is 0.142. The van der Waals surface area contributed by atoms with Crippen molar-refractivity contribution in [3.8, 4) is 0 Å². The largest absolute Gasteiger partial charge is 0.381 e. The highest BCUT2D eigenvalue weighted by Gasteiger charge is 2.12. The Labute approximate surface area is 101 Å². The summed E-state index contributed by atoms with van der Waals surface area (Å²) in [4.78, 5) is 2.43. The van der Waals surface area contributed by atoms with Crippen molar-refractivity contribution >= 4 is 0 Å². The van der Waals surface area contributed by atoms with Gasteiger partial charge < -0.3 is 15.0 Å². The van der Waals surface area contributed by atoms with E-state index in [4.69, 9.17) is 4.74 Å². The lowest BCUT2D eigenvalue weighted by Gasteiger charge is -2.25. The third-order valence-corrected chi connectivity index (χ3v) is 3.69. The summed E-state index contributed by atoms with van der Waals surface area (Å²) in [5.41, 5.74) is 0. The summed E-state index contributed by atoms with van der Waals surface area (Å²) in [6, 6.07) is 1.37. The summed E-state index contributed by atoms with van der Waals surface area (Å²) in [5, 5.41) is 3.65. The van der Waals surface area contributed by atoms with Crippen LogP contribution in [0.5, 0.6) is 0 Å². The third-order valence-electron chi connectivity index (χ3n) is 3.69. The number of hydrogen-bond acceptors (Lipinski definition) is 3. The zero-order valence-corrected chi connectivity index (χ0v) is 11.2. The lowest BCUT2D eigenvalue weighted by atomic mass is 10.1. The monoisotopic (exact) mass is 228 g/mol. The molecular formula is C13H28N2O. The molecule has 0 aromatic heterocycles. The predicted octanol–water partition coefficient (Wildman–Crippen LogP) is 1.88. The number of ether oxygens (including phenoxy) is 1. The number of nitrogens with zero attached hydrogens (tertiary/aromatic N) is 1. The molecule has 1 aliphatic rings. The van der Waals surface area contributed by atoms with Gasteiger partial charge in [-0.1, -0.05) is 6.92 Å². The molecule has 1 aliphatic heterocycles. The number of nitrogens with one attached hydrogen (secondary N) is 1. The van der Waals surface area contributed by atoms with Crippen molar-refractivity contribution in [2.45, 2.75) is 51.6 Å². The van der Waals surface area contributed by atoms with Crippen LogP contribution in [0, 0.1) is 0 Å². The summed E-state index contributed by atoms with van der Waals surface area (Å²) in [5.74, 6) is 0. The van der Waals surface area contributed by atoms with Gasteiger partial charge in [-0.2, -0.15) is 0 Å². The highest BCUT2D eigenvalue weighted by Crippen LogP contribution is 2.07. The second-order valence-electron chi connectivity index (χ2n) is 4.93. The first kappa shape index (κ1) is 13.9. The smallest absolute Gasteiger partial charge is 0.0480 e. The Bertz CT molecular complexity index is 167. The van der Waals surface area contributed by atoms with E-state index in [0.29, 0.717) is 12.1 Å². The number of hydrogen-bond donors (Lipinski definition) is 1. The molecular weight excluding hydrogens is 200 g/mol. The summed E-state index contributed by atoms with van der Waals surface area (Å²) >= 11 is 0. The number of rotatable bonds is 6. The molecule has 0 amide bonds. The molecule has 1 fully saturated rings. The summed E-state index contributed by atoms with van der Waals surface area (Å²) in [6.45, 7) is 8.67. The van der Waals surface area contributed by atoms with Crippen LogP contribution in [0.15, 0.2) is 0 Å². The van der Waals surface area contributed by atoms with E-state index in [2.05, 4.69) is 31.1 Å². The van der Waals surface area contributed by atoms with E-state index in [1.165, 1.54) is 25.7 Å². The van der Waals surface area contributed by atoms with Gasteiger partial charge >= 0.3 is 0 Å². The van der Waals surface area contributed by atoms with Crippen molar-refractivity contribution in [2.24, 2.45) is 0 Å². The maximum Gasteiger partial charge on any atom is 0.0480 e. The van der Waals surface area contributed by atoms with E-state index >= 15 is 0 Å². The van der Waals surface area contributed by atoms with Crippen LogP contribution < -0.4 is 5.32 Å². The molecule has 1 heterocycles. The van der Waals surface area contributed by atoms with E-state index in [0.717, 1.165) is 26.3 Å². The first-order valence-corrected chi connectivity index (χ1v) is 6.75. The van der Waals surface area contributed by atoms with Crippen LogP contribution in [0.3, 0.4) is 0 Å². The molecule has 0 aliphatic carbocycles. The molecule has 3 nitrogen and oxygen atoms in total. The molecule has 0 aromatic carbocycles. The van der Waals surface area contributed by atoms with Crippen molar-refractivity contribution in [2.75, 3.05) is 33.4 Å². The van der Waals surface area contributed by atoms with E-state index in [9.17, 15) is 0 Å². The quantitative estimate of drug-likeness (QED) is 0.751. The molecule has 0 saturated carbocycles. The van der Waals surface area contributed by atoms with Crippen LogP contribution in [0.1, 0.15) is 39.5 Å². The fourth-order valence-corrected chi connectivity index (χ4v) is 2.08. The Morgan fingerprint density at radius 3 is 2.94 bits per heavy atom. The third kappa shape index (κ3) is 5.28. The van der Waals surface area contributed by atoms with E-state index in [1.807, 2.05) is 0 Å². The van der Waals surface area contributed by atoms with Gasteiger partial charge in [-0.15, -0.1) is 0 Å². The van der Waals surface area contributed by atoms with E-state index in [1.54, 1.807) is 0 Å². The van der Waals surface area contributed by atoms with E-state index < -0.39 is 0 Å². The van der Waals surface area contributed by atoms with Crippen LogP contribution in [-0.4, -0.2) is 50.3 Å². The van der Waals surface area contributed by atoms with Crippen molar-refractivity contribution < 1.29 is 4.74 Å². The summed E-state index contributed by atoms with van der Waals surface area (Å²) in [6.07, 6.45) is 4.88. The Hall–Kier alpha value is -0.120. The fourth-order valence-electron chi connectivity index (χ4n) is 2.08. The second kappa shape index (κ2) is 8.04. The van der Waals surface area contributed by atoms with Crippen LogP contribution in [-0.2, 0) is 4.74 Å². The van der Waals surface area contributed by atoms with E-state index in [-0.39, 0.29) is 0 Å². The standard InChI is InChI=1S/C13H28N2O/c1-4-12(2)15(3)9-8-14-13-6-5-10-16-11-7-13/h12-14H,4-11H2,1-3H3. The van der Waals surface area contributed by atoms with Gasteiger partial charge in [0.1, 0.15) is 0 Å². The van der Waals surface area contributed by atoms with Crippen LogP contribution >= 0.6 is 0 Å². The first-order valence-electron chi connectivity index (χ1n) is 6.75. The molecule has 0 spiro atoms. The highest BCUT2D eigenvalue weighted by molar-refractivity contribution is 4.70. The van der Waals surface area contributed by atoms with Crippen molar-refractivity contribution in [3.05, 3.63) is 0 Å². The maximum absolute atomic E-state index is 5.46. The van der Waals surface area contributed by atoms with Gasteiger partial charge in [0.2, 0.25) is 0 Å². The SMILES string of the molecule is CCC(C)N(C)CCNC1CCCOCC1. The molecule has 1 rings (SSSR count). The Morgan fingerprint density at radius 1 is 1.38 bits per heavy atom. The van der Waals surface area contributed by atoms with Crippen LogP contribution in [0.4, 0.5) is 0 Å². The minimum atomic E-state index is 0.674. The summed E-state index contributed by atoms with van der Waals surface area (Å²) in [7, 11) is 2.21. The van der Waals surface area contributed by atoms with Gasteiger partial charge in [-0.3, -0.25) is 0 Å². The van der Waals surface area contributed by atoms with Crippen molar-refractivity contribution in [3.63, 3.8) is 0 Å². The average molecular weight is 228 g/mol. The molecule has 1 N–H and O–H groups in total. The molecule has 1 saturated heterocycles. The minimum Gasteiger partial charge on any atom is -0.381 e. The second-order valence-corrected chi connectivity index (χ2v) is 4.93. The molecule has 0 aromatic rings. The molecule has 2 unspecified atom stereocenters. The van der Waals surface area contributed by atoms with Crippen LogP contribution in [0.25, 0.3) is 0 Å². The Balaban J connectivity index is 2.09. The lowest BCUT2D eigenvalue weighted by Crippen LogP contribution is -2.38. The molecule has 0 bridgehead atoms.